The minimum Gasteiger partial charge on any atom is -0.462 e. The van der Waals surface area contributed by atoms with Crippen molar-refractivity contribution in [3.63, 3.8) is 0 Å². The van der Waals surface area contributed by atoms with Crippen LogP contribution in [0.25, 0.3) is 5.52 Å². The van der Waals surface area contributed by atoms with E-state index < -0.39 is 11.4 Å². The Morgan fingerprint density at radius 2 is 2.15 bits per heavy atom. The molecule has 0 spiro atoms. The van der Waals surface area contributed by atoms with Crippen molar-refractivity contribution in [1.82, 2.24) is 9.61 Å². The Balaban J connectivity index is 1.64. The van der Waals surface area contributed by atoms with Crippen LogP contribution in [-0.4, -0.2) is 28.1 Å². The van der Waals surface area contributed by atoms with Crippen LogP contribution < -0.4 is 5.32 Å². The first-order valence-electron chi connectivity index (χ1n) is 9.14. The van der Waals surface area contributed by atoms with E-state index in [1.54, 1.807) is 41.1 Å². The summed E-state index contributed by atoms with van der Waals surface area (Å²) in [6.07, 6.45) is 7.06. The van der Waals surface area contributed by atoms with Crippen LogP contribution in [0.5, 0.6) is 0 Å². The molecule has 1 aliphatic rings. The van der Waals surface area contributed by atoms with Crippen LogP contribution in [0.2, 0.25) is 0 Å². The maximum atomic E-state index is 13.2. The quantitative estimate of drug-likeness (QED) is 0.676. The monoisotopic (exact) mass is 383 g/mol. The summed E-state index contributed by atoms with van der Waals surface area (Å²) in [7, 11) is 0. The third kappa shape index (κ3) is 3.12. The zero-order valence-electron chi connectivity index (χ0n) is 15.1. The number of nitrogens with one attached hydrogen (secondary N) is 1. The number of thiophene rings is 1. The maximum Gasteiger partial charge on any atom is 0.341 e. The van der Waals surface area contributed by atoms with Crippen molar-refractivity contribution < 1.29 is 14.3 Å². The summed E-state index contributed by atoms with van der Waals surface area (Å²) in [6, 6.07) is 7.62. The van der Waals surface area contributed by atoms with Crippen molar-refractivity contribution in [1.29, 1.82) is 0 Å². The average molecular weight is 383 g/mol. The van der Waals surface area contributed by atoms with Gasteiger partial charge < -0.3 is 10.1 Å². The van der Waals surface area contributed by atoms with Crippen LogP contribution in [-0.2, 0) is 14.9 Å². The molecule has 0 atom stereocenters. The second-order valence-electron chi connectivity index (χ2n) is 6.74. The second kappa shape index (κ2) is 7.15. The molecule has 1 fully saturated rings. The molecule has 27 heavy (non-hydrogen) atoms. The van der Waals surface area contributed by atoms with E-state index in [1.165, 1.54) is 6.20 Å². The molecule has 1 amide bonds. The van der Waals surface area contributed by atoms with Crippen LogP contribution in [0.4, 0.5) is 5.69 Å². The normalized spacial score (nSPS) is 15.7. The molecule has 3 aromatic rings. The molecule has 0 unspecified atom stereocenters. The highest BCUT2D eigenvalue weighted by atomic mass is 32.1. The smallest absolute Gasteiger partial charge is 0.341 e. The summed E-state index contributed by atoms with van der Waals surface area (Å²) in [4.78, 5) is 26.4. The average Bonchev–Trinajstić information content (AvgIpc) is 3.41. The van der Waals surface area contributed by atoms with Crippen molar-refractivity contribution in [3.05, 3.63) is 52.5 Å². The Morgan fingerprint density at radius 1 is 1.33 bits per heavy atom. The van der Waals surface area contributed by atoms with Gasteiger partial charge in [0.15, 0.2) is 0 Å². The largest absolute Gasteiger partial charge is 0.462 e. The van der Waals surface area contributed by atoms with E-state index in [4.69, 9.17) is 4.74 Å². The number of carbonyl (C=O) groups excluding carboxylic acids is 2. The summed E-state index contributed by atoms with van der Waals surface area (Å²) < 4.78 is 6.69. The van der Waals surface area contributed by atoms with E-state index in [0.717, 1.165) is 30.6 Å². The van der Waals surface area contributed by atoms with Gasteiger partial charge in [0.2, 0.25) is 5.91 Å². The molecule has 1 N–H and O–H groups in total. The fraction of sp³-hybridized carbons (Fsp3) is 0.350. The second-order valence-corrected chi connectivity index (χ2v) is 7.69. The van der Waals surface area contributed by atoms with Gasteiger partial charge in [-0.3, -0.25) is 4.79 Å². The van der Waals surface area contributed by atoms with Crippen LogP contribution in [0.1, 0.15) is 47.8 Å². The molecule has 4 rings (SSSR count). The number of hydrogen-bond donors (Lipinski definition) is 1. The summed E-state index contributed by atoms with van der Waals surface area (Å²) in [6.45, 7) is 2.07. The third-order valence-electron chi connectivity index (χ3n) is 5.16. The van der Waals surface area contributed by atoms with E-state index in [9.17, 15) is 9.59 Å². The van der Waals surface area contributed by atoms with Gasteiger partial charge in [0, 0.05) is 16.8 Å². The first-order chi connectivity index (χ1) is 13.1. The van der Waals surface area contributed by atoms with Gasteiger partial charge in [-0.25, -0.2) is 9.31 Å². The third-order valence-corrected chi connectivity index (χ3v) is 6.23. The van der Waals surface area contributed by atoms with Crippen LogP contribution >= 0.6 is 11.3 Å². The summed E-state index contributed by atoms with van der Waals surface area (Å²) in [5, 5.41) is 9.27. The number of ether oxygens (including phenoxy) is 1. The van der Waals surface area contributed by atoms with Crippen molar-refractivity contribution in [2.75, 3.05) is 11.9 Å². The van der Waals surface area contributed by atoms with E-state index in [0.29, 0.717) is 23.4 Å². The number of hydrogen-bond acceptors (Lipinski definition) is 5. The molecule has 1 aliphatic carbocycles. The Kier molecular flexibility index (Phi) is 4.70. The van der Waals surface area contributed by atoms with Gasteiger partial charge in [0.05, 0.1) is 23.7 Å². The SMILES string of the molecule is CCOC(=O)c1cnn2ccc(NC(=O)C3(c4cccs4)CCCC3)cc12. The molecular weight excluding hydrogens is 362 g/mol. The van der Waals surface area contributed by atoms with Crippen molar-refractivity contribution in [2.45, 2.75) is 38.0 Å². The molecule has 0 aromatic carbocycles. The van der Waals surface area contributed by atoms with Crippen LogP contribution in [0.15, 0.2) is 42.0 Å². The summed E-state index contributed by atoms with van der Waals surface area (Å²) >= 11 is 1.64. The van der Waals surface area contributed by atoms with Crippen molar-refractivity contribution in [2.24, 2.45) is 0 Å². The number of amides is 1. The Morgan fingerprint density at radius 3 is 2.85 bits per heavy atom. The Hall–Kier alpha value is -2.67. The predicted molar refractivity (Wildman–Crippen MR) is 104 cm³/mol. The molecule has 140 valence electrons. The predicted octanol–water partition coefficient (Wildman–Crippen LogP) is 4.02. The molecule has 7 heteroatoms. The molecule has 0 saturated heterocycles. The fourth-order valence-electron chi connectivity index (χ4n) is 3.79. The van der Waals surface area contributed by atoms with Gasteiger partial charge in [0.25, 0.3) is 0 Å². The minimum atomic E-state index is -0.454. The molecule has 0 aliphatic heterocycles. The number of aromatic nitrogens is 2. The number of anilines is 1. The lowest BCUT2D eigenvalue weighted by molar-refractivity contribution is -0.121. The fourth-order valence-corrected chi connectivity index (χ4v) is 4.77. The van der Waals surface area contributed by atoms with Crippen LogP contribution in [0.3, 0.4) is 0 Å². The number of pyridine rings is 1. The number of esters is 1. The number of carbonyl (C=O) groups is 2. The molecule has 6 nitrogen and oxygen atoms in total. The Labute approximate surface area is 161 Å². The zero-order chi connectivity index (χ0) is 18.9. The highest BCUT2D eigenvalue weighted by Gasteiger charge is 2.43. The first kappa shape index (κ1) is 17.7. The van der Waals surface area contributed by atoms with Gasteiger partial charge in [-0.2, -0.15) is 5.10 Å². The highest BCUT2D eigenvalue weighted by molar-refractivity contribution is 7.10. The molecule has 3 heterocycles. The minimum absolute atomic E-state index is 0.0176. The van der Waals surface area contributed by atoms with Gasteiger partial charge in [-0.1, -0.05) is 18.9 Å². The van der Waals surface area contributed by atoms with Gasteiger partial charge in [-0.05, 0) is 43.3 Å². The zero-order valence-corrected chi connectivity index (χ0v) is 15.9. The van der Waals surface area contributed by atoms with E-state index in [1.807, 2.05) is 11.4 Å². The molecular formula is C20H21N3O3S. The Bertz CT molecular complexity index is 972. The van der Waals surface area contributed by atoms with Crippen molar-refractivity contribution in [3.8, 4) is 0 Å². The molecule has 0 radical (unpaired) electrons. The van der Waals surface area contributed by atoms with E-state index in [-0.39, 0.29) is 5.91 Å². The molecule has 3 aromatic heterocycles. The number of fused-ring (bicyclic) bond motifs is 1. The molecule has 1 saturated carbocycles. The van der Waals surface area contributed by atoms with Gasteiger partial charge in [-0.15, -0.1) is 11.3 Å². The number of rotatable bonds is 5. The lowest BCUT2D eigenvalue weighted by Crippen LogP contribution is -2.37. The topological polar surface area (TPSA) is 72.7 Å². The van der Waals surface area contributed by atoms with E-state index in [2.05, 4.69) is 16.5 Å². The lowest BCUT2D eigenvalue weighted by Gasteiger charge is -2.26. The standard InChI is InChI=1S/C20H21N3O3S/c1-2-26-18(24)15-13-21-23-10-7-14(12-16(15)23)22-19(25)20(8-3-4-9-20)17-6-5-11-27-17/h5-7,10-13H,2-4,8-9H2,1H3,(H,22,25). The molecule has 0 bridgehead atoms. The summed E-state index contributed by atoms with van der Waals surface area (Å²) in [5.41, 5.74) is 1.20. The summed E-state index contributed by atoms with van der Waals surface area (Å²) in [5.74, 6) is -0.397. The highest BCUT2D eigenvalue weighted by Crippen LogP contribution is 2.44. The van der Waals surface area contributed by atoms with Crippen molar-refractivity contribution >= 4 is 34.4 Å². The van der Waals surface area contributed by atoms with Gasteiger partial charge >= 0.3 is 5.97 Å². The van der Waals surface area contributed by atoms with Crippen LogP contribution in [0, 0.1) is 0 Å². The van der Waals surface area contributed by atoms with E-state index >= 15 is 0 Å². The maximum absolute atomic E-state index is 13.2. The lowest BCUT2D eigenvalue weighted by atomic mass is 9.83. The number of nitrogens with zero attached hydrogens (tertiary/aromatic N) is 2. The van der Waals surface area contributed by atoms with Gasteiger partial charge in [0.1, 0.15) is 5.56 Å². The first-order valence-corrected chi connectivity index (χ1v) is 10.0.